The van der Waals surface area contributed by atoms with Crippen molar-refractivity contribution in [3.8, 4) is 0 Å². The maximum atomic E-state index is 14.2. The van der Waals surface area contributed by atoms with Crippen LogP contribution in [0.3, 0.4) is 0 Å². The normalized spacial score (nSPS) is 20.6. The number of ether oxygens (including phenoxy) is 1. The van der Waals surface area contributed by atoms with Crippen LogP contribution in [0.25, 0.3) is 0 Å². The average molecular weight is 554 g/mol. The van der Waals surface area contributed by atoms with Crippen molar-refractivity contribution in [1.82, 2.24) is 14.7 Å². The highest BCUT2D eigenvalue weighted by molar-refractivity contribution is 5.92. The second-order valence-corrected chi connectivity index (χ2v) is 11.0. The van der Waals surface area contributed by atoms with E-state index in [2.05, 4.69) is 6.92 Å². The van der Waals surface area contributed by atoms with Crippen LogP contribution in [0.1, 0.15) is 42.9 Å². The number of nitrogens with zero attached hydrogens (tertiary/aromatic N) is 3. The highest BCUT2D eigenvalue weighted by Crippen LogP contribution is 2.32. The Morgan fingerprint density at radius 3 is 1.95 bits per heavy atom. The highest BCUT2D eigenvalue weighted by Gasteiger charge is 2.51. The molecule has 0 saturated carbocycles. The molecule has 2 saturated heterocycles. The van der Waals surface area contributed by atoms with Gasteiger partial charge in [-0.1, -0.05) is 111 Å². The van der Waals surface area contributed by atoms with Gasteiger partial charge < -0.3 is 14.5 Å². The molecule has 0 N–H and O–H groups in total. The molecule has 3 aromatic carbocycles. The molecule has 2 aliphatic heterocycles. The molecule has 0 radical (unpaired) electrons. The Balaban J connectivity index is 1.47. The Labute approximate surface area is 242 Å². The number of unbranched alkanes of at least 4 members (excludes halogenated alkanes) is 2. The van der Waals surface area contributed by atoms with Gasteiger partial charge in [-0.25, -0.2) is 4.79 Å². The van der Waals surface area contributed by atoms with Crippen molar-refractivity contribution in [3.63, 3.8) is 0 Å². The first-order valence-corrected chi connectivity index (χ1v) is 14.7. The molecule has 0 bridgehead atoms. The second-order valence-electron chi connectivity index (χ2n) is 11.0. The van der Waals surface area contributed by atoms with Gasteiger partial charge in [0.2, 0.25) is 11.8 Å². The molecule has 0 spiro atoms. The molecule has 3 aromatic rings. The van der Waals surface area contributed by atoms with Gasteiger partial charge in [-0.05, 0) is 29.5 Å². The van der Waals surface area contributed by atoms with E-state index in [0.717, 1.165) is 36.0 Å². The van der Waals surface area contributed by atoms with Crippen molar-refractivity contribution < 1.29 is 19.1 Å². The molecular weight excluding hydrogens is 514 g/mol. The van der Waals surface area contributed by atoms with Crippen LogP contribution >= 0.6 is 0 Å². The lowest BCUT2D eigenvalue weighted by Crippen LogP contribution is -2.73. The summed E-state index contributed by atoms with van der Waals surface area (Å²) in [5, 5.41) is 0. The molecule has 7 heteroatoms. The lowest BCUT2D eigenvalue weighted by Gasteiger charge is -2.53. The summed E-state index contributed by atoms with van der Waals surface area (Å²) in [6.07, 6.45) is 2.79. The van der Waals surface area contributed by atoms with Gasteiger partial charge in [0.1, 0.15) is 18.8 Å². The van der Waals surface area contributed by atoms with Crippen LogP contribution in [0.15, 0.2) is 91.0 Å². The van der Waals surface area contributed by atoms with Crippen molar-refractivity contribution in [2.75, 3.05) is 19.6 Å². The van der Waals surface area contributed by atoms with Gasteiger partial charge in [0, 0.05) is 19.5 Å². The largest absolute Gasteiger partial charge is 0.444 e. The van der Waals surface area contributed by atoms with Crippen LogP contribution in [-0.4, -0.2) is 64.4 Å². The van der Waals surface area contributed by atoms with E-state index < -0.39 is 24.2 Å². The third-order valence-electron chi connectivity index (χ3n) is 8.09. The maximum Gasteiger partial charge on any atom is 0.411 e. The molecule has 3 amide bonds. The van der Waals surface area contributed by atoms with Crippen molar-refractivity contribution in [2.45, 2.75) is 57.8 Å². The van der Waals surface area contributed by atoms with Crippen molar-refractivity contribution >= 4 is 17.9 Å². The third-order valence-corrected chi connectivity index (χ3v) is 8.09. The number of benzene rings is 3. The van der Waals surface area contributed by atoms with Gasteiger partial charge >= 0.3 is 6.09 Å². The van der Waals surface area contributed by atoms with Crippen LogP contribution < -0.4 is 0 Å². The smallest absolute Gasteiger partial charge is 0.411 e. The van der Waals surface area contributed by atoms with Crippen molar-refractivity contribution in [1.29, 1.82) is 0 Å². The fourth-order valence-electron chi connectivity index (χ4n) is 5.94. The Kier molecular flexibility index (Phi) is 9.34. The average Bonchev–Trinajstić information content (AvgIpc) is 3.01. The number of hydrogen-bond acceptors (Lipinski definition) is 4. The fourth-order valence-corrected chi connectivity index (χ4v) is 5.94. The minimum absolute atomic E-state index is 0.0486. The van der Waals surface area contributed by atoms with Crippen molar-refractivity contribution in [3.05, 3.63) is 108 Å². The molecule has 2 heterocycles. The molecule has 41 heavy (non-hydrogen) atoms. The van der Waals surface area contributed by atoms with E-state index in [1.165, 1.54) is 0 Å². The first kappa shape index (κ1) is 28.4. The SMILES string of the molecule is CCCCCN1C[C@@H]2N(C(=O)OCc3ccccc3)C[C@H](Cc3ccccc3)C(=O)N2[C@@H](Cc2ccccc2)C1=O. The van der Waals surface area contributed by atoms with E-state index in [1.54, 1.807) is 9.80 Å². The van der Waals surface area contributed by atoms with Crippen LogP contribution in [0.2, 0.25) is 0 Å². The van der Waals surface area contributed by atoms with Gasteiger partial charge in [0.05, 0.1) is 12.5 Å². The zero-order valence-electron chi connectivity index (χ0n) is 23.7. The van der Waals surface area contributed by atoms with Crippen LogP contribution in [0, 0.1) is 5.92 Å². The minimum atomic E-state index is -0.687. The molecule has 5 rings (SSSR count). The third kappa shape index (κ3) is 6.79. The standard InChI is InChI=1S/C34H39N3O4/c1-2-3-13-20-35-24-31-36(34(40)41-25-28-18-11-6-12-19-28)23-29(21-26-14-7-4-8-15-26)32(38)37(31)30(33(35)39)22-27-16-9-5-10-17-27/h4-12,14-19,29-31H,2-3,13,20-25H2,1H3/t29-,30-,31+/m0/s1. The number of hydrogen-bond donors (Lipinski definition) is 0. The summed E-state index contributed by atoms with van der Waals surface area (Å²) in [6.45, 7) is 3.42. The zero-order chi connectivity index (χ0) is 28.6. The van der Waals surface area contributed by atoms with E-state index in [1.807, 2.05) is 95.9 Å². The molecule has 2 fully saturated rings. The topological polar surface area (TPSA) is 70.2 Å². The lowest BCUT2D eigenvalue weighted by atomic mass is 9.90. The Hall–Kier alpha value is -4.13. The molecule has 7 nitrogen and oxygen atoms in total. The summed E-state index contributed by atoms with van der Waals surface area (Å²) in [5.41, 5.74) is 2.90. The van der Waals surface area contributed by atoms with Crippen molar-refractivity contribution in [2.24, 2.45) is 5.92 Å². The lowest BCUT2D eigenvalue weighted by molar-refractivity contribution is -0.172. The Morgan fingerprint density at radius 2 is 1.34 bits per heavy atom. The first-order chi connectivity index (χ1) is 20.0. The first-order valence-electron chi connectivity index (χ1n) is 14.7. The number of piperazine rings is 1. The molecule has 214 valence electrons. The van der Waals surface area contributed by atoms with Gasteiger partial charge in [0.25, 0.3) is 0 Å². The zero-order valence-corrected chi connectivity index (χ0v) is 23.7. The maximum absolute atomic E-state index is 14.2. The quantitative estimate of drug-likeness (QED) is 0.320. The highest BCUT2D eigenvalue weighted by atomic mass is 16.6. The Bertz CT molecular complexity index is 1300. The van der Waals surface area contributed by atoms with Gasteiger partial charge in [0.15, 0.2) is 0 Å². The summed E-state index contributed by atoms with van der Waals surface area (Å²) in [4.78, 5) is 47.1. The number of amides is 3. The molecular formula is C34H39N3O4. The number of carbonyl (C=O) groups excluding carboxylic acids is 3. The molecule has 0 aromatic heterocycles. The summed E-state index contributed by atoms with van der Waals surface area (Å²) >= 11 is 0. The number of rotatable bonds is 10. The van der Waals surface area contributed by atoms with Gasteiger partial charge in [-0.3, -0.25) is 14.5 Å². The van der Waals surface area contributed by atoms with E-state index in [4.69, 9.17) is 4.74 Å². The number of carbonyl (C=O) groups is 3. The summed E-state index contributed by atoms with van der Waals surface area (Å²) in [5.74, 6) is -0.600. The second kappa shape index (κ2) is 13.5. The molecule has 3 atom stereocenters. The summed E-state index contributed by atoms with van der Waals surface area (Å²) in [7, 11) is 0. The molecule has 2 aliphatic rings. The minimum Gasteiger partial charge on any atom is -0.444 e. The Morgan fingerprint density at radius 1 is 0.756 bits per heavy atom. The van der Waals surface area contributed by atoms with E-state index >= 15 is 0 Å². The monoisotopic (exact) mass is 553 g/mol. The molecule has 0 aliphatic carbocycles. The van der Waals surface area contributed by atoms with E-state index in [0.29, 0.717) is 19.4 Å². The molecule has 0 unspecified atom stereocenters. The van der Waals surface area contributed by atoms with E-state index in [-0.39, 0.29) is 31.5 Å². The summed E-state index contributed by atoms with van der Waals surface area (Å²) in [6, 6.07) is 28.6. The van der Waals surface area contributed by atoms with Crippen LogP contribution in [0.4, 0.5) is 4.79 Å². The number of fused-ring (bicyclic) bond motifs is 1. The predicted octanol–water partition coefficient (Wildman–Crippen LogP) is 5.30. The van der Waals surface area contributed by atoms with Crippen LogP contribution in [0.5, 0.6) is 0 Å². The van der Waals surface area contributed by atoms with Crippen LogP contribution in [-0.2, 0) is 33.8 Å². The predicted molar refractivity (Wildman–Crippen MR) is 158 cm³/mol. The fraction of sp³-hybridized carbons (Fsp3) is 0.382. The summed E-state index contributed by atoms with van der Waals surface area (Å²) < 4.78 is 5.81. The van der Waals surface area contributed by atoms with Gasteiger partial charge in [-0.2, -0.15) is 0 Å². The van der Waals surface area contributed by atoms with E-state index in [9.17, 15) is 14.4 Å². The van der Waals surface area contributed by atoms with Gasteiger partial charge in [-0.15, -0.1) is 0 Å².